The van der Waals surface area contributed by atoms with E-state index < -0.39 is 4.92 Å². The molecule has 1 amide bonds. The Morgan fingerprint density at radius 3 is 3.00 bits per heavy atom. The van der Waals surface area contributed by atoms with E-state index in [1.165, 1.54) is 23.7 Å². The fourth-order valence-corrected chi connectivity index (χ4v) is 3.39. The van der Waals surface area contributed by atoms with Crippen LogP contribution in [0.1, 0.15) is 25.0 Å². The minimum absolute atomic E-state index is 0.00650. The molecule has 120 valence electrons. The van der Waals surface area contributed by atoms with Crippen LogP contribution in [0.25, 0.3) is 0 Å². The van der Waals surface area contributed by atoms with Gasteiger partial charge >= 0.3 is 5.69 Å². The lowest BCUT2D eigenvalue weighted by atomic mass is 10.1. The molecule has 0 N–H and O–H groups in total. The number of aryl methyl sites for hydroxylation is 2. The summed E-state index contributed by atoms with van der Waals surface area (Å²) in [4.78, 5) is 27.1. The second kappa shape index (κ2) is 6.04. The summed E-state index contributed by atoms with van der Waals surface area (Å²) in [6.45, 7) is 5.71. The molecule has 8 heteroatoms. The Balaban J connectivity index is 1.54. The van der Waals surface area contributed by atoms with Gasteiger partial charge in [0, 0.05) is 38.6 Å². The van der Waals surface area contributed by atoms with Gasteiger partial charge in [-0.05, 0) is 26.3 Å². The van der Waals surface area contributed by atoms with E-state index >= 15 is 0 Å². The Labute approximate surface area is 128 Å². The van der Waals surface area contributed by atoms with Crippen LogP contribution in [0.15, 0.2) is 6.20 Å². The summed E-state index contributed by atoms with van der Waals surface area (Å²) in [5, 5.41) is 14.9. The van der Waals surface area contributed by atoms with E-state index in [9.17, 15) is 14.9 Å². The normalized spacial score (nSPS) is 21.9. The molecule has 2 aliphatic heterocycles. The minimum Gasteiger partial charge on any atom is -0.340 e. The summed E-state index contributed by atoms with van der Waals surface area (Å²) >= 11 is 0. The fourth-order valence-electron chi connectivity index (χ4n) is 3.39. The number of aromatic nitrogens is 2. The van der Waals surface area contributed by atoms with Crippen molar-refractivity contribution in [3.8, 4) is 0 Å². The number of carbonyl (C=O) groups excluding carboxylic acids is 1. The predicted molar refractivity (Wildman–Crippen MR) is 79.4 cm³/mol. The van der Waals surface area contributed by atoms with E-state index in [-0.39, 0.29) is 11.6 Å². The van der Waals surface area contributed by atoms with Gasteiger partial charge in [-0.1, -0.05) is 0 Å². The van der Waals surface area contributed by atoms with E-state index in [0.29, 0.717) is 24.7 Å². The van der Waals surface area contributed by atoms with E-state index in [1.54, 1.807) is 6.92 Å². The highest BCUT2D eigenvalue weighted by atomic mass is 16.6. The van der Waals surface area contributed by atoms with Crippen LogP contribution >= 0.6 is 0 Å². The van der Waals surface area contributed by atoms with Crippen molar-refractivity contribution in [2.45, 2.75) is 38.8 Å². The first-order chi connectivity index (χ1) is 10.5. The van der Waals surface area contributed by atoms with Crippen molar-refractivity contribution in [2.75, 3.05) is 26.2 Å². The molecule has 1 aromatic heterocycles. The van der Waals surface area contributed by atoms with Crippen LogP contribution in [0.2, 0.25) is 0 Å². The van der Waals surface area contributed by atoms with Gasteiger partial charge in [0.1, 0.15) is 11.9 Å². The molecule has 8 nitrogen and oxygen atoms in total. The molecule has 0 saturated carbocycles. The van der Waals surface area contributed by atoms with Crippen molar-refractivity contribution in [2.24, 2.45) is 0 Å². The molecule has 2 fully saturated rings. The molecule has 0 aliphatic carbocycles. The van der Waals surface area contributed by atoms with Gasteiger partial charge in [-0.2, -0.15) is 5.10 Å². The molecule has 3 rings (SSSR count). The van der Waals surface area contributed by atoms with Crippen LogP contribution in [0.3, 0.4) is 0 Å². The number of carbonyl (C=O) groups is 1. The molecule has 1 unspecified atom stereocenters. The Kier molecular flexibility index (Phi) is 4.10. The van der Waals surface area contributed by atoms with Crippen LogP contribution < -0.4 is 0 Å². The van der Waals surface area contributed by atoms with E-state index in [2.05, 4.69) is 10.00 Å². The Bertz CT molecular complexity index is 585. The van der Waals surface area contributed by atoms with Crippen molar-refractivity contribution in [1.82, 2.24) is 19.6 Å². The van der Waals surface area contributed by atoms with Crippen molar-refractivity contribution in [1.29, 1.82) is 0 Å². The van der Waals surface area contributed by atoms with Gasteiger partial charge in [-0.3, -0.25) is 24.5 Å². The first-order valence-corrected chi connectivity index (χ1v) is 7.75. The quantitative estimate of drug-likeness (QED) is 0.606. The molecular formula is C14H21N5O3. The predicted octanol–water partition coefficient (Wildman–Crippen LogP) is 0.796. The second-order valence-electron chi connectivity index (χ2n) is 6.04. The molecule has 3 heterocycles. The van der Waals surface area contributed by atoms with Gasteiger partial charge in [0.2, 0.25) is 5.91 Å². The van der Waals surface area contributed by atoms with Crippen molar-refractivity contribution < 1.29 is 9.72 Å². The third-order valence-corrected chi connectivity index (χ3v) is 4.61. The first-order valence-electron chi connectivity index (χ1n) is 7.75. The number of piperazine rings is 1. The molecule has 0 bridgehead atoms. The summed E-state index contributed by atoms with van der Waals surface area (Å²) in [5.41, 5.74) is 0.393. The van der Waals surface area contributed by atoms with Gasteiger partial charge in [0.25, 0.3) is 0 Å². The lowest BCUT2D eigenvalue weighted by Crippen LogP contribution is -2.52. The van der Waals surface area contributed by atoms with Gasteiger partial charge in [0.05, 0.1) is 4.92 Å². The molecule has 0 aromatic carbocycles. The van der Waals surface area contributed by atoms with E-state index in [1.807, 2.05) is 4.90 Å². The summed E-state index contributed by atoms with van der Waals surface area (Å²) < 4.78 is 1.50. The largest absolute Gasteiger partial charge is 0.340 e. The molecule has 22 heavy (non-hydrogen) atoms. The molecule has 0 radical (unpaired) electrons. The second-order valence-corrected chi connectivity index (χ2v) is 6.04. The number of nitrogens with zero attached hydrogens (tertiary/aromatic N) is 5. The van der Waals surface area contributed by atoms with Gasteiger partial charge in [-0.25, -0.2) is 0 Å². The highest BCUT2D eigenvalue weighted by Crippen LogP contribution is 2.22. The van der Waals surface area contributed by atoms with Crippen LogP contribution in [-0.4, -0.2) is 62.6 Å². The van der Waals surface area contributed by atoms with Crippen molar-refractivity contribution in [3.63, 3.8) is 0 Å². The number of amides is 1. The standard InChI is InChI=1S/C14H21N5O3/c1-11-13(19(21)22)10-18(15-11)6-4-14(20)17-8-7-16-5-2-3-12(16)9-17/h10,12H,2-9H2,1H3. The zero-order chi connectivity index (χ0) is 15.7. The average molecular weight is 307 g/mol. The lowest BCUT2D eigenvalue weighted by molar-refractivity contribution is -0.385. The van der Waals surface area contributed by atoms with Crippen molar-refractivity contribution >= 4 is 11.6 Å². The number of nitro groups is 1. The summed E-state index contributed by atoms with van der Waals surface area (Å²) in [6, 6.07) is 0.519. The minimum atomic E-state index is -0.444. The Hall–Kier alpha value is -1.96. The maximum absolute atomic E-state index is 12.3. The topological polar surface area (TPSA) is 84.5 Å². The monoisotopic (exact) mass is 307 g/mol. The lowest BCUT2D eigenvalue weighted by Gasteiger charge is -2.37. The molecule has 0 spiro atoms. The Morgan fingerprint density at radius 2 is 2.27 bits per heavy atom. The highest BCUT2D eigenvalue weighted by molar-refractivity contribution is 5.76. The molecule has 2 saturated heterocycles. The zero-order valence-corrected chi connectivity index (χ0v) is 12.8. The Morgan fingerprint density at radius 1 is 1.45 bits per heavy atom. The van der Waals surface area contributed by atoms with Crippen LogP contribution in [0, 0.1) is 17.0 Å². The number of fused-ring (bicyclic) bond motifs is 1. The first kappa shape index (κ1) is 15.0. The van der Waals surface area contributed by atoms with Crippen molar-refractivity contribution in [3.05, 3.63) is 22.0 Å². The molecule has 1 aromatic rings. The maximum Gasteiger partial charge on any atom is 0.309 e. The van der Waals surface area contributed by atoms with Crippen LogP contribution in [0.5, 0.6) is 0 Å². The van der Waals surface area contributed by atoms with Crippen LogP contribution in [0.4, 0.5) is 5.69 Å². The molecular weight excluding hydrogens is 286 g/mol. The van der Waals surface area contributed by atoms with Gasteiger partial charge in [-0.15, -0.1) is 0 Å². The number of rotatable bonds is 4. The van der Waals surface area contributed by atoms with Crippen LogP contribution in [-0.2, 0) is 11.3 Å². The molecule has 2 aliphatic rings. The highest BCUT2D eigenvalue weighted by Gasteiger charge is 2.32. The number of hydrogen-bond acceptors (Lipinski definition) is 5. The summed E-state index contributed by atoms with van der Waals surface area (Å²) in [6.07, 6.45) is 4.14. The van der Waals surface area contributed by atoms with E-state index in [4.69, 9.17) is 0 Å². The molecule has 1 atom stereocenters. The third kappa shape index (κ3) is 2.96. The maximum atomic E-state index is 12.3. The third-order valence-electron chi connectivity index (χ3n) is 4.61. The van der Waals surface area contributed by atoms with Gasteiger partial charge < -0.3 is 4.90 Å². The number of hydrogen-bond donors (Lipinski definition) is 0. The fraction of sp³-hybridized carbons (Fsp3) is 0.714. The van der Waals surface area contributed by atoms with Gasteiger partial charge in [0.15, 0.2) is 0 Å². The zero-order valence-electron chi connectivity index (χ0n) is 12.8. The smallest absolute Gasteiger partial charge is 0.309 e. The summed E-state index contributed by atoms with van der Waals surface area (Å²) in [7, 11) is 0. The summed E-state index contributed by atoms with van der Waals surface area (Å²) in [5.74, 6) is 0.113. The van der Waals surface area contributed by atoms with E-state index in [0.717, 1.165) is 26.2 Å². The SMILES string of the molecule is Cc1nn(CCC(=O)N2CCN3CCCC3C2)cc1[N+](=O)[O-]. The average Bonchev–Trinajstić information content (AvgIpc) is 3.09.